The maximum absolute atomic E-state index is 11.7. The average Bonchev–Trinajstić information content (AvgIpc) is 2.39. The summed E-state index contributed by atoms with van der Waals surface area (Å²) >= 11 is 0. The van der Waals surface area contributed by atoms with Crippen molar-refractivity contribution in [1.82, 2.24) is 10.2 Å². The smallest absolute Gasteiger partial charge is 0.150 e. The van der Waals surface area contributed by atoms with E-state index in [2.05, 4.69) is 44.8 Å². The molecule has 0 radical (unpaired) electrons. The summed E-state index contributed by atoms with van der Waals surface area (Å²) in [5.41, 5.74) is 0.362. The highest BCUT2D eigenvalue weighted by Gasteiger charge is 2.39. The molecule has 0 aromatic rings. The summed E-state index contributed by atoms with van der Waals surface area (Å²) in [6, 6.07) is 0.458. The molecule has 0 spiro atoms. The number of sulfone groups is 1. The van der Waals surface area contributed by atoms with Crippen molar-refractivity contribution in [2.75, 3.05) is 31.1 Å². The van der Waals surface area contributed by atoms with E-state index in [1.54, 1.807) is 6.92 Å². The van der Waals surface area contributed by atoms with Gasteiger partial charge >= 0.3 is 0 Å². The Morgan fingerprint density at radius 1 is 1.29 bits per heavy atom. The normalized spacial score (nSPS) is 28.8. The van der Waals surface area contributed by atoms with Gasteiger partial charge in [0.05, 0.1) is 5.75 Å². The Bertz CT molecular complexity index is 428. The maximum atomic E-state index is 11.7. The van der Waals surface area contributed by atoms with Crippen molar-refractivity contribution in [3.63, 3.8) is 0 Å². The molecule has 21 heavy (non-hydrogen) atoms. The fourth-order valence-corrected chi connectivity index (χ4v) is 3.73. The zero-order valence-corrected chi connectivity index (χ0v) is 15.5. The van der Waals surface area contributed by atoms with Crippen LogP contribution in [0.5, 0.6) is 0 Å². The number of nitrogens with zero attached hydrogens (tertiary/aromatic N) is 1. The Hall–Kier alpha value is -0.130. The molecule has 126 valence electrons. The molecule has 1 rings (SSSR count). The Morgan fingerprint density at radius 2 is 1.90 bits per heavy atom. The number of rotatable bonds is 6. The summed E-state index contributed by atoms with van der Waals surface area (Å²) in [4.78, 5) is 2.50. The standard InChI is InChI=1S/C16H34N2O2S/c1-7-16(6)13-17-14(15(3,4)5)12-18(16)10-9-11-21(19,20)8-2/h14,17H,7-13H2,1-6H3. The lowest BCUT2D eigenvalue weighted by Gasteiger charge is -2.51. The van der Waals surface area contributed by atoms with Gasteiger partial charge < -0.3 is 5.32 Å². The molecule has 1 N–H and O–H groups in total. The highest BCUT2D eigenvalue weighted by atomic mass is 32.2. The molecule has 0 bridgehead atoms. The van der Waals surface area contributed by atoms with Crippen LogP contribution in [0.3, 0.4) is 0 Å². The lowest BCUT2D eigenvalue weighted by atomic mass is 9.81. The van der Waals surface area contributed by atoms with Crippen molar-refractivity contribution >= 4 is 9.84 Å². The zero-order valence-electron chi connectivity index (χ0n) is 14.7. The fourth-order valence-electron chi connectivity index (χ4n) is 2.87. The van der Waals surface area contributed by atoms with Crippen LogP contribution < -0.4 is 5.32 Å². The second kappa shape index (κ2) is 6.97. The molecule has 0 amide bonds. The Labute approximate surface area is 131 Å². The zero-order chi connectivity index (χ0) is 16.3. The third-order valence-electron chi connectivity index (χ3n) is 5.03. The predicted molar refractivity (Wildman–Crippen MR) is 90.5 cm³/mol. The molecule has 2 atom stereocenters. The van der Waals surface area contributed by atoms with Crippen LogP contribution in [0.25, 0.3) is 0 Å². The number of nitrogens with one attached hydrogen (secondary N) is 1. The van der Waals surface area contributed by atoms with E-state index in [1.807, 2.05) is 0 Å². The topological polar surface area (TPSA) is 49.4 Å². The summed E-state index contributed by atoms with van der Waals surface area (Å²) in [5.74, 6) is 0.567. The van der Waals surface area contributed by atoms with Gasteiger partial charge in [-0.2, -0.15) is 0 Å². The van der Waals surface area contributed by atoms with Crippen LogP contribution in [0.2, 0.25) is 0 Å². The molecule has 0 aromatic heterocycles. The van der Waals surface area contributed by atoms with Gasteiger partial charge in [0.1, 0.15) is 9.84 Å². The van der Waals surface area contributed by atoms with Crippen molar-refractivity contribution in [2.45, 2.75) is 66.0 Å². The molecular formula is C16H34N2O2S. The van der Waals surface area contributed by atoms with Crippen LogP contribution in [-0.4, -0.2) is 56.0 Å². The predicted octanol–water partition coefficient (Wildman–Crippen LogP) is 2.30. The first-order valence-electron chi connectivity index (χ1n) is 8.23. The summed E-state index contributed by atoms with van der Waals surface area (Å²) in [6.45, 7) is 15.9. The van der Waals surface area contributed by atoms with Crippen LogP contribution in [0.4, 0.5) is 0 Å². The summed E-state index contributed by atoms with van der Waals surface area (Å²) in [5, 5.41) is 3.69. The van der Waals surface area contributed by atoms with E-state index in [1.165, 1.54) is 0 Å². The van der Waals surface area contributed by atoms with Crippen molar-refractivity contribution in [2.24, 2.45) is 5.41 Å². The van der Waals surface area contributed by atoms with Gasteiger partial charge in [-0.1, -0.05) is 34.6 Å². The Kier molecular flexibility index (Phi) is 6.28. The fraction of sp³-hybridized carbons (Fsp3) is 1.00. The van der Waals surface area contributed by atoms with Crippen molar-refractivity contribution < 1.29 is 8.42 Å². The third kappa shape index (κ3) is 5.22. The maximum Gasteiger partial charge on any atom is 0.150 e. The molecule has 4 nitrogen and oxygen atoms in total. The monoisotopic (exact) mass is 318 g/mol. The minimum Gasteiger partial charge on any atom is -0.310 e. The van der Waals surface area contributed by atoms with Crippen LogP contribution in [0.15, 0.2) is 0 Å². The van der Waals surface area contributed by atoms with Crippen LogP contribution in [0.1, 0.15) is 54.4 Å². The van der Waals surface area contributed by atoms with E-state index in [0.29, 0.717) is 11.8 Å². The van der Waals surface area contributed by atoms with E-state index in [9.17, 15) is 8.42 Å². The summed E-state index contributed by atoms with van der Waals surface area (Å²) in [7, 11) is -2.85. The van der Waals surface area contributed by atoms with Crippen LogP contribution in [-0.2, 0) is 9.84 Å². The Balaban J connectivity index is 2.69. The largest absolute Gasteiger partial charge is 0.310 e. The molecule has 1 aliphatic rings. The third-order valence-corrected chi connectivity index (χ3v) is 6.82. The second-order valence-electron chi connectivity index (χ2n) is 7.69. The van der Waals surface area contributed by atoms with Gasteiger partial charge in [-0.3, -0.25) is 4.90 Å². The molecule has 5 heteroatoms. The highest BCUT2D eigenvalue weighted by Crippen LogP contribution is 2.29. The van der Waals surface area contributed by atoms with Gasteiger partial charge in [0.2, 0.25) is 0 Å². The summed E-state index contributed by atoms with van der Waals surface area (Å²) in [6.07, 6.45) is 1.82. The number of piperazine rings is 1. The van der Waals surface area contributed by atoms with Gasteiger partial charge in [0.15, 0.2) is 0 Å². The molecule has 0 aliphatic carbocycles. The molecule has 2 unspecified atom stereocenters. The van der Waals surface area contributed by atoms with E-state index < -0.39 is 9.84 Å². The van der Waals surface area contributed by atoms with E-state index in [4.69, 9.17) is 0 Å². The Morgan fingerprint density at radius 3 is 2.38 bits per heavy atom. The van der Waals surface area contributed by atoms with Gasteiger partial charge in [0.25, 0.3) is 0 Å². The lowest BCUT2D eigenvalue weighted by molar-refractivity contribution is 0.0224. The lowest BCUT2D eigenvalue weighted by Crippen LogP contribution is -2.65. The quantitative estimate of drug-likeness (QED) is 0.816. The summed E-state index contributed by atoms with van der Waals surface area (Å²) < 4.78 is 23.3. The number of hydrogen-bond acceptors (Lipinski definition) is 4. The van der Waals surface area contributed by atoms with E-state index in [0.717, 1.165) is 32.5 Å². The SMILES string of the molecule is CCC1(C)CNC(C(C)(C)C)CN1CCCS(=O)(=O)CC. The van der Waals surface area contributed by atoms with Crippen molar-refractivity contribution in [3.05, 3.63) is 0 Å². The number of hydrogen-bond donors (Lipinski definition) is 1. The van der Waals surface area contributed by atoms with Gasteiger partial charge in [-0.25, -0.2) is 8.42 Å². The van der Waals surface area contributed by atoms with Crippen molar-refractivity contribution in [1.29, 1.82) is 0 Å². The van der Waals surface area contributed by atoms with Crippen LogP contribution >= 0.6 is 0 Å². The first kappa shape index (κ1) is 18.9. The minimum atomic E-state index is -2.85. The molecule has 1 fully saturated rings. The van der Waals surface area contributed by atoms with Crippen molar-refractivity contribution in [3.8, 4) is 0 Å². The van der Waals surface area contributed by atoms with E-state index >= 15 is 0 Å². The first-order chi connectivity index (χ1) is 9.54. The molecule has 1 saturated heterocycles. The molecular weight excluding hydrogens is 284 g/mol. The molecule has 1 heterocycles. The second-order valence-corrected chi connectivity index (χ2v) is 10.2. The first-order valence-corrected chi connectivity index (χ1v) is 10.0. The average molecular weight is 319 g/mol. The highest BCUT2D eigenvalue weighted by molar-refractivity contribution is 7.91. The molecule has 1 aliphatic heterocycles. The van der Waals surface area contributed by atoms with Gasteiger partial charge in [-0.05, 0) is 31.7 Å². The molecule has 0 saturated carbocycles. The van der Waals surface area contributed by atoms with Crippen LogP contribution in [0, 0.1) is 5.41 Å². The molecule has 0 aromatic carbocycles. The minimum absolute atomic E-state index is 0.137. The van der Waals surface area contributed by atoms with Gasteiger partial charge in [0, 0.05) is 30.4 Å². The van der Waals surface area contributed by atoms with E-state index in [-0.39, 0.29) is 16.7 Å². The van der Waals surface area contributed by atoms with Gasteiger partial charge in [-0.15, -0.1) is 0 Å².